The Balaban J connectivity index is 0.000000134. The third kappa shape index (κ3) is 9.54. The molecule has 22 rings (SSSR count). The van der Waals surface area contributed by atoms with E-state index in [1.165, 1.54) is 92.4 Å². The van der Waals surface area contributed by atoms with Gasteiger partial charge in [0, 0.05) is 65.6 Å². The minimum atomic E-state index is 0.808. The molecule has 0 aliphatic heterocycles. The monoisotopic (exact) mass is 1320 g/mol. The van der Waals surface area contributed by atoms with Crippen molar-refractivity contribution in [1.29, 1.82) is 0 Å². The molecule has 0 aliphatic carbocycles. The summed E-state index contributed by atoms with van der Waals surface area (Å²) in [6, 6.07) is 130. The standard InChI is InChI=1S/2C48H30N4/c1-4-14-31(15-5-1)35-24-25-43-37(27-35)39-29-40-38-26-33-18-10-11-19-34(33)28-44(38)51(36-20-8-3-9-21-36)45(40)30-46(39)52(43)48-47(32-16-6-2-7-17-32)49-41-22-12-13-23-42(41)50-48;1-4-14-31(15-5-1)35-24-25-37-39-29-40-38-26-33-18-10-11-19-34(33)27-44(38)51(36-20-8-3-9-21-36)45(40)30-46(39)52(43(37)28-35)48-47(32-16-6-2-7-17-32)49-41-22-12-13-23-42(41)50-48/h2*1-30H. The Labute approximate surface area is 597 Å². The van der Waals surface area contributed by atoms with Crippen molar-refractivity contribution in [3.05, 3.63) is 364 Å². The summed E-state index contributed by atoms with van der Waals surface area (Å²) in [5, 5.41) is 14.5. The van der Waals surface area contributed by atoms with Crippen molar-refractivity contribution in [2.75, 3.05) is 0 Å². The first kappa shape index (κ1) is 58.8. The highest BCUT2D eigenvalue weighted by atomic mass is 15.1. The second-order valence-electron chi connectivity index (χ2n) is 26.9. The summed E-state index contributed by atoms with van der Waals surface area (Å²) in [5.41, 5.74) is 23.2. The minimum Gasteiger partial charge on any atom is -0.309 e. The molecular weight excluding hydrogens is 1270 g/mol. The number of hydrogen-bond donors (Lipinski definition) is 0. The Morgan fingerprint density at radius 3 is 0.904 bits per heavy atom. The van der Waals surface area contributed by atoms with Gasteiger partial charge in [-0.1, -0.05) is 249 Å². The highest BCUT2D eigenvalue weighted by molar-refractivity contribution is 6.23. The van der Waals surface area contributed by atoms with Gasteiger partial charge in [0.15, 0.2) is 11.6 Å². The van der Waals surface area contributed by atoms with Crippen LogP contribution in [0.2, 0.25) is 0 Å². The summed E-state index contributed by atoms with van der Waals surface area (Å²) in [4.78, 5) is 21.4. The van der Waals surface area contributed by atoms with Crippen LogP contribution in [0.15, 0.2) is 364 Å². The molecule has 0 N–H and O–H groups in total. The molecule has 0 saturated carbocycles. The van der Waals surface area contributed by atoms with Crippen LogP contribution in [-0.4, -0.2) is 38.2 Å². The molecule has 0 unspecified atom stereocenters. The van der Waals surface area contributed by atoms with Gasteiger partial charge in [-0.3, -0.25) is 9.13 Å². The van der Waals surface area contributed by atoms with Crippen LogP contribution in [0.1, 0.15) is 0 Å². The van der Waals surface area contributed by atoms with Gasteiger partial charge in [-0.2, -0.15) is 0 Å². The maximum atomic E-state index is 5.43. The van der Waals surface area contributed by atoms with Crippen molar-refractivity contribution < 1.29 is 0 Å². The Morgan fingerprint density at radius 2 is 0.462 bits per heavy atom. The van der Waals surface area contributed by atoms with E-state index in [2.05, 4.69) is 334 Å². The second kappa shape index (κ2) is 23.8. The molecule has 0 spiro atoms. The fraction of sp³-hybridized carbons (Fsp3) is 0. The highest BCUT2D eigenvalue weighted by Crippen LogP contribution is 2.46. The smallest absolute Gasteiger partial charge is 0.165 e. The molecule has 0 atom stereocenters. The molecule has 0 aliphatic rings. The molecule has 0 fully saturated rings. The van der Waals surface area contributed by atoms with Crippen molar-refractivity contribution in [3.63, 3.8) is 0 Å². The first-order valence-corrected chi connectivity index (χ1v) is 35.3. The number of aromatic nitrogens is 8. The molecule has 484 valence electrons. The first-order valence-electron chi connectivity index (χ1n) is 35.3. The van der Waals surface area contributed by atoms with E-state index in [-0.39, 0.29) is 0 Å². The lowest BCUT2D eigenvalue weighted by Gasteiger charge is -2.14. The third-order valence-corrected chi connectivity index (χ3v) is 20.9. The summed E-state index contributed by atoms with van der Waals surface area (Å²) in [5.74, 6) is 1.62. The van der Waals surface area contributed by atoms with E-state index in [4.69, 9.17) is 19.9 Å². The highest BCUT2D eigenvalue weighted by Gasteiger charge is 2.26. The quantitative estimate of drug-likeness (QED) is 0.152. The first-order chi connectivity index (χ1) is 51.6. The van der Waals surface area contributed by atoms with Crippen LogP contribution in [0, 0.1) is 0 Å². The van der Waals surface area contributed by atoms with E-state index in [1.807, 2.05) is 48.5 Å². The summed E-state index contributed by atoms with van der Waals surface area (Å²) in [7, 11) is 0. The number of nitrogens with zero attached hydrogens (tertiary/aromatic N) is 8. The molecule has 6 heterocycles. The molecule has 0 saturated heterocycles. The molecule has 0 amide bonds. The number of rotatable bonds is 8. The summed E-state index contributed by atoms with van der Waals surface area (Å²) in [6.45, 7) is 0. The van der Waals surface area contributed by atoms with Gasteiger partial charge >= 0.3 is 0 Å². The Bertz CT molecular complexity index is 7130. The second-order valence-corrected chi connectivity index (χ2v) is 26.9. The van der Waals surface area contributed by atoms with E-state index in [0.717, 1.165) is 106 Å². The molecule has 22 aromatic rings. The van der Waals surface area contributed by atoms with E-state index in [1.54, 1.807) is 0 Å². The van der Waals surface area contributed by atoms with Crippen LogP contribution in [0.4, 0.5) is 0 Å². The molecular formula is C96H60N8. The largest absolute Gasteiger partial charge is 0.309 e. The molecule has 8 heteroatoms. The van der Waals surface area contributed by atoms with E-state index in [9.17, 15) is 0 Å². The van der Waals surface area contributed by atoms with Crippen LogP contribution >= 0.6 is 0 Å². The minimum absolute atomic E-state index is 0.808. The van der Waals surface area contributed by atoms with Gasteiger partial charge in [0.05, 0.1) is 66.2 Å². The fourth-order valence-corrected chi connectivity index (χ4v) is 16.1. The van der Waals surface area contributed by atoms with Crippen LogP contribution in [-0.2, 0) is 0 Å². The van der Waals surface area contributed by atoms with Crippen molar-refractivity contribution in [1.82, 2.24) is 38.2 Å². The van der Waals surface area contributed by atoms with E-state index >= 15 is 0 Å². The zero-order valence-electron chi connectivity index (χ0n) is 56.2. The predicted molar refractivity (Wildman–Crippen MR) is 433 cm³/mol. The fourth-order valence-electron chi connectivity index (χ4n) is 16.1. The van der Waals surface area contributed by atoms with Crippen LogP contribution in [0.3, 0.4) is 0 Å². The van der Waals surface area contributed by atoms with Crippen molar-refractivity contribution in [3.8, 4) is 67.8 Å². The number of benzene rings is 16. The average Bonchev–Trinajstić information content (AvgIpc) is 1.55. The SMILES string of the molecule is c1ccc(-c2ccc3c(c2)c2cc4c5cc6ccccc6cc5n(-c5ccccc5)c4cc2n3-c2nc3ccccc3nc2-c2ccccc2)cc1.c1ccc(-c2ccc3c4cc5c6cc7ccccc7cc6n(-c6ccccc6)c5cc4n(-c4nc5ccccc5nc4-c4ccccc4)c3c2)cc1. The number of para-hydroxylation sites is 6. The topological polar surface area (TPSA) is 71.3 Å². The van der Waals surface area contributed by atoms with E-state index in [0.29, 0.717) is 0 Å². The van der Waals surface area contributed by atoms with Gasteiger partial charge in [0.2, 0.25) is 0 Å². The summed E-state index contributed by atoms with van der Waals surface area (Å²) >= 11 is 0. The maximum Gasteiger partial charge on any atom is 0.165 e. The number of hydrogen-bond acceptors (Lipinski definition) is 4. The average molecular weight is 1330 g/mol. The van der Waals surface area contributed by atoms with Crippen LogP contribution in [0.5, 0.6) is 0 Å². The van der Waals surface area contributed by atoms with Crippen molar-refractivity contribution in [2.24, 2.45) is 0 Å². The maximum absolute atomic E-state index is 5.43. The van der Waals surface area contributed by atoms with Gasteiger partial charge in [-0.15, -0.1) is 0 Å². The van der Waals surface area contributed by atoms with Gasteiger partial charge in [0.25, 0.3) is 0 Å². The van der Waals surface area contributed by atoms with Gasteiger partial charge in [-0.05, 0) is 159 Å². The Morgan fingerprint density at radius 1 is 0.163 bits per heavy atom. The zero-order chi connectivity index (χ0) is 68.3. The van der Waals surface area contributed by atoms with Crippen LogP contribution < -0.4 is 0 Å². The van der Waals surface area contributed by atoms with Gasteiger partial charge in [0.1, 0.15) is 11.4 Å². The van der Waals surface area contributed by atoms with Crippen LogP contribution in [0.25, 0.3) is 199 Å². The van der Waals surface area contributed by atoms with Crippen molar-refractivity contribution >= 4 is 131 Å². The molecule has 0 bridgehead atoms. The molecule has 0 radical (unpaired) electrons. The zero-order valence-corrected chi connectivity index (χ0v) is 56.2. The summed E-state index contributed by atoms with van der Waals surface area (Å²) in [6.07, 6.45) is 0. The lowest BCUT2D eigenvalue weighted by atomic mass is 10.0. The van der Waals surface area contributed by atoms with E-state index < -0.39 is 0 Å². The molecule has 16 aromatic carbocycles. The van der Waals surface area contributed by atoms with Gasteiger partial charge < -0.3 is 9.13 Å². The summed E-state index contributed by atoms with van der Waals surface area (Å²) < 4.78 is 9.52. The number of fused-ring (bicyclic) bond motifs is 16. The van der Waals surface area contributed by atoms with Gasteiger partial charge in [-0.25, -0.2) is 19.9 Å². The Kier molecular flexibility index (Phi) is 13.5. The Hall–Kier alpha value is -14.1. The normalized spacial score (nSPS) is 11.8. The lowest BCUT2D eigenvalue weighted by molar-refractivity contribution is 1.08. The lowest BCUT2D eigenvalue weighted by Crippen LogP contribution is -2.04. The molecule has 104 heavy (non-hydrogen) atoms. The molecule has 8 nitrogen and oxygen atoms in total. The van der Waals surface area contributed by atoms with Crippen molar-refractivity contribution in [2.45, 2.75) is 0 Å². The predicted octanol–water partition coefficient (Wildman–Crippen LogP) is 24.6. The third-order valence-electron chi connectivity index (χ3n) is 20.9. The molecule has 6 aromatic heterocycles.